The normalized spacial score (nSPS) is 11.1. The van der Waals surface area contributed by atoms with Gasteiger partial charge in [0, 0.05) is 5.70 Å². The summed E-state index contributed by atoms with van der Waals surface area (Å²) in [6.45, 7) is 9.23. The van der Waals surface area contributed by atoms with Crippen LogP contribution in [-0.2, 0) is 0 Å². The van der Waals surface area contributed by atoms with Gasteiger partial charge in [0.25, 0.3) is 0 Å². The van der Waals surface area contributed by atoms with Crippen molar-refractivity contribution in [2.45, 2.75) is 6.92 Å². The van der Waals surface area contributed by atoms with Gasteiger partial charge in [-0.15, -0.1) is 0 Å². The largest absolute Gasteiger partial charge is 0.345 e. The van der Waals surface area contributed by atoms with Gasteiger partial charge in [-0.1, -0.05) is 24.5 Å². The van der Waals surface area contributed by atoms with Gasteiger partial charge in [-0.05, 0) is 28.9 Å². The van der Waals surface area contributed by atoms with Crippen molar-refractivity contribution in [1.29, 1.82) is 0 Å². The summed E-state index contributed by atoms with van der Waals surface area (Å²) in [6.07, 6.45) is 3.34. The van der Waals surface area contributed by atoms with Crippen LogP contribution in [0.25, 0.3) is 0 Å². The van der Waals surface area contributed by atoms with Crippen LogP contribution in [0.15, 0.2) is 39.9 Å². The molecular formula is C9H10BrN3S. The van der Waals surface area contributed by atoms with E-state index in [-0.39, 0.29) is 0 Å². The van der Waals surface area contributed by atoms with Crippen LogP contribution in [0.1, 0.15) is 6.92 Å². The highest BCUT2D eigenvalue weighted by molar-refractivity contribution is 9.11. The van der Waals surface area contributed by atoms with Gasteiger partial charge in [0.1, 0.15) is 5.84 Å². The highest BCUT2D eigenvalue weighted by Crippen LogP contribution is 2.25. The van der Waals surface area contributed by atoms with Crippen molar-refractivity contribution >= 4 is 38.2 Å². The van der Waals surface area contributed by atoms with E-state index in [1.165, 1.54) is 11.3 Å². The Morgan fingerprint density at radius 1 is 1.79 bits per heavy atom. The maximum atomic E-state index is 4.24. The summed E-state index contributed by atoms with van der Waals surface area (Å²) < 4.78 is 0.954. The molecule has 0 spiro atoms. The molecule has 14 heavy (non-hydrogen) atoms. The number of rotatable bonds is 3. The molecule has 0 fully saturated rings. The summed E-state index contributed by atoms with van der Waals surface area (Å²) in [5, 5.41) is 3.66. The number of allylic oxidation sites excluding steroid dienone is 1. The number of nitrogens with one attached hydrogen (secondary N) is 1. The van der Waals surface area contributed by atoms with Gasteiger partial charge in [0.15, 0.2) is 0 Å². The zero-order chi connectivity index (χ0) is 10.6. The van der Waals surface area contributed by atoms with E-state index in [0.717, 1.165) is 9.48 Å². The maximum absolute atomic E-state index is 4.24. The molecular weight excluding hydrogens is 262 g/mol. The molecule has 1 aromatic heterocycles. The van der Waals surface area contributed by atoms with E-state index in [4.69, 9.17) is 0 Å². The number of thiazole rings is 1. The third-order valence-corrected chi connectivity index (χ3v) is 2.59. The molecule has 0 atom stereocenters. The third kappa shape index (κ3) is 3.43. The highest BCUT2D eigenvalue weighted by Gasteiger charge is 1.98. The highest BCUT2D eigenvalue weighted by atomic mass is 79.9. The van der Waals surface area contributed by atoms with Crippen LogP contribution < -0.4 is 5.32 Å². The maximum Gasteiger partial charge on any atom is 0.212 e. The van der Waals surface area contributed by atoms with Crippen molar-refractivity contribution in [2.75, 3.05) is 0 Å². The number of hydrogen-bond donors (Lipinski definition) is 1. The molecule has 1 N–H and O–H groups in total. The van der Waals surface area contributed by atoms with E-state index >= 15 is 0 Å². The van der Waals surface area contributed by atoms with E-state index in [9.17, 15) is 0 Å². The predicted molar refractivity (Wildman–Crippen MR) is 65.1 cm³/mol. The second kappa shape index (κ2) is 5.07. The zero-order valence-electron chi connectivity index (χ0n) is 7.75. The summed E-state index contributed by atoms with van der Waals surface area (Å²) in [7, 11) is 0. The van der Waals surface area contributed by atoms with Crippen LogP contribution in [0.5, 0.6) is 0 Å². The minimum Gasteiger partial charge on any atom is -0.345 e. The van der Waals surface area contributed by atoms with Crippen molar-refractivity contribution in [3.05, 3.63) is 34.9 Å². The lowest BCUT2D eigenvalue weighted by Crippen LogP contribution is -2.17. The lowest BCUT2D eigenvalue weighted by atomic mass is 10.5. The van der Waals surface area contributed by atoms with Gasteiger partial charge in [-0.25, -0.2) is 9.98 Å². The van der Waals surface area contributed by atoms with Crippen LogP contribution in [-0.4, -0.2) is 10.8 Å². The quantitative estimate of drug-likeness (QED) is 0.677. The second-order valence-electron chi connectivity index (χ2n) is 2.55. The molecule has 0 radical (unpaired) electrons. The molecule has 0 aliphatic heterocycles. The molecule has 0 saturated heterocycles. The SMILES string of the molecule is C=C/C(=N/c1ncc(Br)s1)NC(=C)C. The van der Waals surface area contributed by atoms with Crippen LogP contribution in [0.2, 0.25) is 0 Å². The van der Waals surface area contributed by atoms with Crippen molar-refractivity contribution in [1.82, 2.24) is 10.3 Å². The first-order valence-corrected chi connectivity index (χ1v) is 5.47. The van der Waals surface area contributed by atoms with Crippen molar-refractivity contribution in [3.63, 3.8) is 0 Å². The Kier molecular flexibility index (Phi) is 4.03. The topological polar surface area (TPSA) is 37.3 Å². The second-order valence-corrected chi connectivity index (χ2v) is 4.94. The molecule has 1 aromatic rings. The smallest absolute Gasteiger partial charge is 0.212 e. The van der Waals surface area contributed by atoms with Gasteiger partial charge < -0.3 is 5.32 Å². The Balaban J connectivity index is 2.83. The van der Waals surface area contributed by atoms with Gasteiger partial charge >= 0.3 is 0 Å². The standard InChI is InChI=1S/C9H10BrN3S/c1-4-8(12-6(2)3)13-9-11-5-7(10)14-9/h4-5H,1-2H2,3H3,(H,11,12,13). The summed E-state index contributed by atoms with van der Waals surface area (Å²) >= 11 is 4.78. The van der Waals surface area contributed by atoms with E-state index in [0.29, 0.717) is 11.0 Å². The lowest BCUT2D eigenvalue weighted by Gasteiger charge is -2.02. The monoisotopic (exact) mass is 271 g/mol. The van der Waals surface area contributed by atoms with Crippen LogP contribution in [0.4, 0.5) is 5.13 Å². The summed E-state index contributed by atoms with van der Waals surface area (Å²) in [5.41, 5.74) is 0.819. The fourth-order valence-corrected chi connectivity index (χ4v) is 1.81. The molecule has 74 valence electrons. The lowest BCUT2D eigenvalue weighted by molar-refractivity contribution is 1.13. The summed E-state index contributed by atoms with van der Waals surface area (Å²) in [4.78, 5) is 8.32. The molecule has 0 bridgehead atoms. The first kappa shape index (κ1) is 11.1. The minimum atomic E-state index is 0.652. The fraction of sp³-hybridized carbons (Fsp3) is 0.111. The van der Waals surface area contributed by atoms with Crippen LogP contribution >= 0.6 is 27.3 Å². The molecule has 1 rings (SSSR count). The molecule has 0 aromatic carbocycles. The number of aromatic nitrogens is 1. The number of halogens is 1. The van der Waals surface area contributed by atoms with E-state index in [2.05, 4.69) is 44.4 Å². The molecule has 0 aliphatic carbocycles. The molecule has 0 saturated carbocycles. The van der Waals surface area contributed by atoms with Crippen LogP contribution in [0, 0.1) is 0 Å². The summed E-state index contributed by atoms with van der Waals surface area (Å²) in [6, 6.07) is 0. The van der Waals surface area contributed by atoms with Gasteiger partial charge in [-0.2, -0.15) is 0 Å². The first-order chi connectivity index (χ1) is 6.61. The Bertz CT molecular complexity index is 381. The molecule has 3 nitrogen and oxygen atoms in total. The van der Waals surface area contributed by atoms with Gasteiger partial charge in [0.05, 0.1) is 9.98 Å². The fourth-order valence-electron chi connectivity index (χ4n) is 0.744. The molecule has 5 heteroatoms. The van der Waals surface area contributed by atoms with Gasteiger partial charge in [0.2, 0.25) is 5.13 Å². The van der Waals surface area contributed by atoms with E-state index in [1.807, 2.05) is 6.92 Å². The minimum absolute atomic E-state index is 0.652. The average Bonchev–Trinajstić information content (AvgIpc) is 2.49. The number of nitrogens with zero attached hydrogens (tertiary/aromatic N) is 2. The average molecular weight is 272 g/mol. The Morgan fingerprint density at radius 3 is 2.93 bits per heavy atom. The number of aliphatic imine (C=N–C) groups is 1. The Labute approximate surface area is 95.4 Å². The Hall–Kier alpha value is -0.940. The van der Waals surface area contributed by atoms with Crippen LogP contribution in [0.3, 0.4) is 0 Å². The Morgan fingerprint density at radius 2 is 2.50 bits per heavy atom. The van der Waals surface area contributed by atoms with E-state index < -0.39 is 0 Å². The number of hydrogen-bond acceptors (Lipinski definition) is 3. The third-order valence-electron chi connectivity index (χ3n) is 1.22. The predicted octanol–water partition coefficient (Wildman–Crippen LogP) is 3.24. The first-order valence-electron chi connectivity index (χ1n) is 3.87. The van der Waals surface area contributed by atoms with Crippen molar-refractivity contribution in [3.8, 4) is 0 Å². The molecule has 0 aliphatic rings. The molecule has 0 unspecified atom stereocenters. The molecule has 1 heterocycles. The van der Waals surface area contributed by atoms with E-state index in [1.54, 1.807) is 12.3 Å². The van der Waals surface area contributed by atoms with Crippen molar-refractivity contribution in [2.24, 2.45) is 4.99 Å². The number of amidine groups is 1. The zero-order valence-corrected chi connectivity index (χ0v) is 10.2. The van der Waals surface area contributed by atoms with Crippen molar-refractivity contribution < 1.29 is 0 Å². The summed E-state index contributed by atoms with van der Waals surface area (Å²) in [5.74, 6) is 0.652. The van der Waals surface area contributed by atoms with Gasteiger partial charge in [-0.3, -0.25) is 0 Å². The molecule has 0 amide bonds.